The SMILES string of the molecule is COc1ccc2c(c1)[C@@H]1OCCC[C@@H]1[C@@H](c1ccc(C(=O)O)cc1F)N2. The van der Waals surface area contributed by atoms with Gasteiger partial charge < -0.3 is 19.9 Å². The van der Waals surface area contributed by atoms with Crippen LogP contribution in [0.1, 0.15) is 46.5 Å². The van der Waals surface area contributed by atoms with Crippen LogP contribution in [0.5, 0.6) is 5.75 Å². The molecule has 0 aliphatic carbocycles. The van der Waals surface area contributed by atoms with E-state index in [1.165, 1.54) is 6.07 Å². The maximum Gasteiger partial charge on any atom is 0.335 e. The highest BCUT2D eigenvalue weighted by Gasteiger charge is 2.40. The van der Waals surface area contributed by atoms with Gasteiger partial charge in [0.2, 0.25) is 0 Å². The number of halogens is 1. The molecule has 2 aromatic carbocycles. The van der Waals surface area contributed by atoms with E-state index in [0.717, 1.165) is 35.9 Å². The highest BCUT2D eigenvalue weighted by Crippen LogP contribution is 2.50. The van der Waals surface area contributed by atoms with Crippen molar-refractivity contribution in [2.24, 2.45) is 5.92 Å². The van der Waals surface area contributed by atoms with Gasteiger partial charge in [-0.3, -0.25) is 0 Å². The molecule has 2 aromatic rings. The lowest BCUT2D eigenvalue weighted by Crippen LogP contribution is -2.36. The Labute approximate surface area is 150 Å². The minimum Gasteiger partial charge on any atom is -0.497 e. The number of ether oxygens (including phenoxy) is 2. The molecule has 0 bridgehead atoms. The molecule has 1 saturated heterocycles. The molecule has 26 heavy (non-hydrogen) atoms. The lowest BCUT2D eigenvalue weighted by Gasteiger charge is -2.43. The number of methoxy groups -OCH3 is 1. The number of aromatic carboxylic acids is 1. The van der Waals surface area contributed by atoms with E-state index < -0.39 is 11.8 Å². The standard InChI is InChI=1S/C20H20FNO4/c1-25-12-5-7-17-15(10-12)19-14(3-2-8-26-19)18(22-17)13-6-4-11(20(23)24)9-16(13)21/h4-7,9-10,14,18-19,22H,2-3,8H2,1H3,(H,23,24)/t14-,18-,19-/m1/s1. The summed E-state index contributed by atoms with van der Waals surface area (Å²) in [7, 11) is 1.62. The lowest BCUT2D eigenvalue weighted by molar-refractivity contribution is -0.0385. The molecule has 0 saturated carbocycles. The van der Waals surface area contributed by atoms with Gasteiger partial charge in [0.15, 0.2) is 0 Å². The van der Waals surface area contributed by atoms with Crippen LogP contribution in [0.25, 0.3) is 0 Å². The first kappa shape index (κ1) is 16.8. The Morgan fingerprint density at radius 1 is 1.27 bits per heavy atom. The van der Waals surface area contributed by atoms with E-state index >= 15 is 0 Å². The molecule has 0 amide bonds. The molecule has 2 aliphatic rings. The topological polar surface area (TPSA) is 67.8 Å². The second kappa shape index (κ2) is 6.61. The second-order valence-corrected chi connectivity index (χ2v) is 6.71. The average molecular weight is 357 g/mol. The van der Waals surface area contributed by atoms with E-state index in [2.05, 4.69) is 5.32 Å². The van der Waals surface area contributed by atoms with Crippen molar-refractivity contribution in [3.05, 3.63) is 58.9 Å². The summed E-state index contributed by atoms with van der Waals surface area (Å²) < 4.78 is 26.1. The minimum atomic E-state index is -1.14. The average Bonchev–Trinajstić information content (AvgIpc) is 2.67. The van der Waals surface area contributed by atoms with Gasteiger partial charge in [-0.2, -0.15) is 0 Å². The molecule has 4 rings (SSSR count). The molecule has 2 N–H and O–H groups in total. The number of carbonyl (C=O) groups is 1. The monoisotopic (exact) mass is 357 g/mol. The van der Waals surface area contributed by atoms with Gasteiger partial charge in [0.1, 0.15) is 11.6 Å². The molecular weight excluding hydrogens is 337 g/mol. The highest BCUT2D eigenvalue weighted by atomic mass is 19.1. The third-order valence-electron chi connectivity index (χ3n) is 5.25. The number of nitrogens with one attached hydrogen (secondary N) is 1. The van der Waals surface area contributed by atoms with Crippen LogP contribution in [-0.4, -0.2) is 24.8 Å². The number of fused-ring (bicyclic) bond motifs is 3. The Morgan fingerprint density at radius 3 is 2.85 bits per heavy atom. The van der Waals surface area contributed by atoms with Gasteiger partial charge in [0, 0.05) is 29.3 Å². The Hall–Kier alpha value is -2.60. The fraction of sp³-hybridized carbons (Fsp3) is 0.350. The number of rotatable bonds is 3. The van der Waals surface area contributed by atoms with Gasteiger partial charge >= 0.3 is 5.97 Å². The molecule has 0 aromatic heterocycles. The summed E-state index contributed by atoms with van der Waals surface area (Å²) in [5.41, 5.74) is 2.33. The number of carboxylic acid groups (broad SMARTS) is 1. The highest BCUT2D eigenvalue weighted by molar-refractivity contribution is 5.87. The van der Waals surface area contributed by atoms with Crippen molar-refractivity contribution in [2.75, 3.05) is 19.0 Å². The maximum absolute atomic E-state index is 14.7. The van der Waals surface area contributed by atoms with Gasteiger partial charge in [-0.1, -0.05) is 6.07 Å². The van der Waals surface area contributed by atoms with E-state index in [1.807, 2.05) is 18.2 Å². The van der Waals surface area contributed by atoms with Crippen molar-refractivity contribution in [3.8, 4) is 5.75 Å². The molecule has 2 heterocycles. The van der Waals surface area contributed by atoms with E-state index in [-0.39, 0.29) is 23.6 Å². The molecule has 0 unspecified atom stereocenters. The summed E-state index contributed by atoms with van der Waals surface area (Å²) in [4.78, 5) is 11.1. The summed E-state index contributed by atoms with van der Waals surface area (Å²) in [6.45, 7) is 0.672. The zero-order valence-corrected chi connectivity index (χ0v) is 14.4. The first-order valence-corrected chi connectivity index (χ1v) is 8.67. The van der Waals surface area contributed by atoms with Crippen molar-refractivity contribution < 1.29 is 23.8 Å². The predicted octanol–water partition coefficient (Wildman–Crippen LogP) is 4.17. The van der Waals surface area contributed by atoms with Gasteiger partial charge in [-0.25, -0.2) is 9.18 Å². The van der Waals surface area contributed by atoms with Crippen LogP contribution in [0.4, 0.5) is 10.1 Å². The Bertz CT molecular complexity index is 854. The van der Waals surface area contributed by atoms with Crippen LogP contribution in [0.15, 0.2) is 36.4 Å². The molecule has 0 radical (unpaired) electrons. The second-order valence-electron chi connectivity index (χ2n) is 6.71. The Morgan fingerprint density at radius 2 is 2.12 bits per heavy atom. The molecule has 5 nitrogen and oxygen atoms in total. The van der Waals surface area contributed by atoms with Crippen LogP contribution < -0.4 is 10.1 Å². The fourth-order valence-corrected chi connectivity index (χ4v) is 4.00. The van der Waals surface area contributed by atoms with Crippen molar-refractivity contribution in [3.63, 3.8) is 0 Å². The van der Waals surface area contributed by atoms with Crippen molar-refractivity contribution in [1.82, 2.24) is 0 Å². The zero-order chi connectivity index (χ0) is 18.3. The van der Waals surface area contributed by atoms with Crippen molar-refractivity contribution in [1.29, 1.82) is 0 Å². The summed E-state index contributed by atoms with van der Waals surface area (Å²) in [6, 6.07) is 9.56. The summed E-state index contributed by atoms with van der Waals surface area (Å²) in [5.74, 6) is -0.825. The minimum absolute atomic E-state index is 0.0522. The van der Waals surface area contributed by atoms with Crippen LogP contribution in [-0.2, 0) is 4.74 Å². The smallest absolute Gasteiger partial charge is 0.335 e. The van der Waals surface area contributed by atoms with E-state index in [1.54, 1.807) is 13.2 Å². The van der Waals surface area contributed by atoms with E-state index in [4.69, 9.17) is 14.6 Å². The quantitative estimate of drug-likeness (QED) is 0.863. The van der Waals surface area contributed by atoms with Crippen LogP contribution in [0, 0.1) is 11.7 Å². The molecule has 3 atom stereocenters. The number of hydrogen-bond acceptors (Lipinski definition) is 4. The molecular formula is C20H20FNO4. The number of benzene rings is 2. The third kappa shape index (κ3) is 2.80. The normalized spacial score (nSPS) is 24.2. The predicted molar refractivity (Wildman–Crippen MR) is 94.1 cm³/mol. The van der Waals surface area contributed by atoms with Crippen LogP contribution in [0.2, 0.25) is 0 Å². The van der Waals surface area contributed by atoms with Gasteiger partial charge in [-0.05, 0) is 43.2 Å². The van der Waals surface area contributed by atoms with E-state index in [9.17, 15) is 9.18 Å². The molecule has 2 aliphatic heterocycles. The van der Waals surface area contributed by atoms with Crippen molar-refractivity contribution in [2.45, 2.75) is 25.0 Å². The fourth-order valence-electron chi connectivity index (χ4n) is 4.00. The molecule has 136 valence electrons. The first-order valence-electron chi connectivity index (χ1n) is 8.67. The molecule has 0 spiro atoms. The first-order chi connectivity index (χ1) is 12.6. The molecule has 6 heteroatoms. The van der Waals surface area contributed by atoms with Crippen molar-refractivity contribution >= 4 is 11.7 Å². The molecule has 1 fully saturated rings. The Balaban J connectivity index is 1.76. The van der Waals surface area contributed by atoms with Gasteiger partial charge in [0.05, 0.1) is 24.8 Å². The third-order valence-corrected chi connectivity index (χ3v) is 5.25. The number of anilines is 1. The maximum atomic E-state index is 14.7. The van der Waals surface area contributed by atoms with Gasteiger partial charge in [-0.15, -0.1) is 0 Å². The lowest BCUT2D eigenvalue weighted by atomic mass is 9.77. The van der Waals surface area contributed by atoms with Crippen LogP contribution >= 0.6 is 0 Å². The Kier molecular flexibility index (Phi) is 4.28. The summed E-state index contributed by atoms with van der Waals surface area (Å²) >= 11 is 0. The zero-order valence-electron chi connectivity index (χ0n) is 14.4. The summed E-state index contributed by atoms with van der Waals surface area (Å²) in [5, 5.41) is 12.5. The number of carboxylic acids is 1. The number of hydrogen-bond donors (Lipinski definition) is 2. The largest absolute Gasteiger partial charge is 0.497 e. The van der Waals surface area contributed by atoms with Crippen LogP contribution in [0.3, 0.4) is 0 Å². The summed E-state index contributed by atoms with van der Waals surface area (Å²) in [6.07, 6.45) is 1.67. The van der Waals surface area contributed by atoms with Gasteiger partial charge in [0.25, 0.3) is 0 Å². The van der Waals surface area contributed by atoms with E-state index in [0.29, 0.717) is 12.2 Å².